The van der Waals surface area contributed by atoms with Crippen molar-refractivity contribution < 1.29 is 19.1 Å². The highest BCUT2D eigenvalue weighted by atomic mass is 79.9. The molecule has 6 nitrogen and oxygen atoms in total. The molecule has 2 amide bonds. The van der Waals surface area contributed by atoms with E-state index in [1.54, 1.807) is 30.3 Å². The second kappa shape index (κ2) is 9.53. The van der Waals surface area contributed by atoms with Gasteiger partial charge in [-0.05, 0) is 49.2 Å². The van der Waals surface area contributed by atoms with Gasteiger partial charge in [0.05, 0.1) is 18.2 Å². The normalized spacial score (nSPS) is 16.0. The van der Waals surface area contributed by atoms with E-state index in [1.165, 1.54) is 0 Å². The first-order valence-corrected chi connectivity index (χ1v) is 9.58. The molecule has 0 saturated carbocycles. The zero-order chi connectivity index (χ0) is 19.1. The van der Waals surface area contributed by atoms with Gasteiger partial charge in [0, 0.05) is 16.8 Å². The lowest BCUT2D eigenvalue weighted by atomic mass is 10.2. The monoisotopic (exact) mass is 432 g/mol. The summed E-state index contributed by atoms with van der Waals surface area (Å²) in [5.41, 5.74) is 1.06. The highest BCUT2D eigenvalue weighted by Gasteiger charge is 2.18. The van der Waals surface area contributed by atoms with Crippen LogP contribution in [0.2, 0.25) is 0 Å². The Kier molecular flexibility index (Phi) is 6.84. The van der Waals surface area contributed by atoms with Crippen LogP contribution >= 0.6 is 15.9 Å². The molecular formula is C20H21BrN2O4. The fourth-order valence-electron chi connectivity index (χ4n) is 2.73. The largest absolute Gasteiger partial charge is 0.490 e. The minimum Gasteiger partial charge on any atom is -0.490 e. The number of hydrogen-bond acceptors (Lipinski definition) is 4. The summed E-state index contributed by atoms with van der Waals surface area (Å²) in [5.74, 6) is -0.175. The first-order chi connectivity index (χ1) is 13.1. The molecule has 0 radical (unpaired) electrons. The third-order valence-electron chi connectivity index (χ3n) is 4.12. The average molecular weight is 433 g/mol. The van der Waals surface area contributed by atoms with E-state index in [0.717, 1.165) is 23.9 Å². The van der Waals surface area contributed by atoms with Crippen molar-refractivity contribution in [1.29, 1.82) is 0 Å². The number of halogens is 1. The molecule has 0 aromatic heterocycles. The van der Waals surface area contributed by atoms with E-state index < -0.39 is 0 Å². The molecule has 1 atom stereocenters. The average Bonchev–Trinajstić information content (AvgIpc) is 3.20. The number of hydrogen-bond donors (Lipinski definition) is 2. The number of nitrogens with one attached hydrogen (secondary N) is 2. The molecule has 142 valence electrons. The smallest absolute Gasteiger partial charge is 0.255 e. The summed E-state index contributed by atoms with van der Waals surface area (Å²) in [6, 6.07) is 14.2. The number of anilines is 1. The second-order valence-electron chi connectivity index (χ2n) is 6.18. The fraction of sp³-hybridized carbons (Fsp3) is 0.300. The summed E-state index contributed by atoms with van der Waals surface area (Å²) in [6.45, 7) is 1.03. The Hall–Kier alpha value is -2.38. The van der Waals surface area contributed by atoms with Crippen molar-refractivity contribution >= 4 is 33.4 Å². The number of carbonyl (C=O) groups is 2. The highest BCUT2D eigenvalue weighted by molar-refractivity contribution is 9.10. The van der Waals surface area contributed by atoms with Gasteiger partial charge in [-0.25, -0.2) is 0 Å². The molecule has 0 spiro atoms. The van der Waals surface area contributed by atoms with Gasteiger partial charge >= 0.3 is 0 Å². The van der Waals surface area contributed by atoms with Crippen molar-refractivity contribution in [1.82, 2.24) is 5.32 Å². The summed E-state index contributed by atoms with van der Waals surface area (Å²) in [4.78, 5) is 24.5. The summed E-state index contributed by atoms with van der Waals surface area (Å²) in [6.07, 6.45) is 2.06. The molecule has 0 aliphatic carbocycles. The zero-order valence-electron chi connectivity index (χ0n) is 14.7. The molecule has 3 rings (SSSR count). The minimum atomic E-state index is -0.358. The predicted octanol–water partition coefficient (Wildman–Crippen LogP) is 3.38. The van der Waals surface area contributed by atoms with Crippen LogP contribution in [0.4, 0.5) is 5.69 Å². The fourth-order valence-corrected chi connectivity index (χ4v) is 3.00. The van der Waals surface area contributed by atoms with E-state index in [2.05, 4.69) is 26.6 Å². The van der Waals surface area contributed by atoms with Crippen molar-refractivity contribution in [3.05, 3.63) is 58.6 Å². The van der Waals surface area contributed by atoms with Gasteiger partial charge in [-0.3, -0.25) is 9.59 Å². The van der Waals surface area contributed by atoms with E-state index >= 15 is 0 Å². The number of ether oxygens (including phenoxy) is 2. The molecular weight excluding hydrogens is 412 g/mol. The molecule has 2 aromatic carbocycles. The highest BCUT2D eigenvalue weighted by Crippen LogP contribution is 2.20. The van der Waals surface area contributed by atoms with Crippen LogP contribution < -0.4 is 15.4 Å². The van der Waals surface area contributed by atoms with Crippen molar-refractivity contribution in [2.24, 2.45) is 0 Å². The van der Waals surface area contributed by atoms with Crippen LogP contribution in [0.5, 0.6) is 5.75 Å². The molecule has 1 saturated heterocycles. The Morgan fingerprint density at radius 1 is 1.15 bits per heavy atom. The van der Waals surface area contributed by atoms with Crippen molar-refractivity contribution in [2.75, 3.05) is 25.1 Å². The van der Waals surface area contributed by atoms with Crippen LogP contribution in [0.15, 0.2) is 53.0 Å². The third kappa shape index (κ3) is 5.80. The number of carbonyl (C=O) groups excluding carboxylic acids is 2. The maximum atomic E-state index is 12.5. The van der Waals surface area contributed by atoms with Gasteiger partial charge in [0.25, 0.3) is 5.91 Å². The van der Waals surface area contributed by atoms with Gasteiger partial charge < -0.3 is 20.1 Å². The van der Waals surface area contributed by atoms with Crippen LogP contribution in [0.1, 0.15) is 23.2 Å². The Morgan fingerprint density at radius 2 is 1.93 bits per heavy atom. The van der Waals surface area contributed by atoms with Crippen LogP contribution in [0.25, 0.3) is 0 Å². The van der Waals surface area contributed by atoms with Gasteiger partial charge in [0.15, 0.2) is 0 Å². The second-order valence-corrected chi connectivity index (χ2v) is 7.10. The molecule has 1 aliphatic heterocycles. The number of benzene rings is 2. The maximum Gasteiger partial charge on any atom is 0.255 e. The molecule has 7 heteroatoms. The van der Waals surface area contributed by atoms with Gasteiger partial charge in [-0.15, -0.1) is 0 Å². The Labute approximate surface area is 166 Å². The number of para-hydroxylation sites is 1. The summed E-state index contributed by atoms with van der Waals surface area (Å²) in [5, 5.41) is 5.36. The summed E-state index contributed by atoms with van der Waals surface area (Å²) >= 11 is 3.34. The van der Waals surface area contributed by atoms with Crippen LogP contribution in [0.3, 0.4) is 0 Å². The topological polar surface area (TPSA) is 76.7 Å². The number of rotatable bonds is 7. The SMILES string of the molecule is O=C(CNC(=O)c1ccccc1OCC1CCCO1)Nc1ccc(Br)cc1. The van der Waals surface area contributed by atoms with E-state index in [4.69, 9.17) is 9.47 Å². The van der Waals surface area contributed by atoms with Gasteiger partial charge in [0.2, 0.25) is 5.91 Å². The minimum absolute atomic E-state index is 0.0674. The quantitative estimate of drug-likeness (QED) is 0.702. The van der Waals surface area contributed by atoms with E-state index in [-0.39, 0.29) is 24.5 Å². The summed E-state index contributed by atoms with van der Waals surface area (Å²) < 4.78 is 12.2. The molecule has 27 heavy (non-hydrogen) atoms. The molecule has 1 heterocycles. The van der Waals surface area contributed by atoms with Crippen LogP contribution in [-0.4, -0.2) is 37.7 Å². The number of amides is 2. The predicted molar refractivity (Wildman–Crippen MR) is 106 cm³/mol. The molecule has 1 fully saturated rings. The zero-order valence-corrected chi connectivity index (χ0v) is 16.3. The Balaban J connectivity index is 1.52. The molecule has 2 aromatic rings. The molecule has 1 aliphatic rings. The Bertz CT molecular complexity index is 789. The lowest BCUT2D eigenvalue weighted by Crippen LogP contribution is -2.33. The van der Waals surface area contributed by atoms with Gasteiger partial charge in [-0.1, -0.05) is 28.1 Å². The van der Waals surface area contributed by atoms with Crippen molar-refractivity contribution in [3.63, 3.8) is 0 Å². The van der Waals surface area contributed by atoms with E-state index in [9.17, 15) is 9.59 Å². The van der Waals surface area contributed by atoms with Crippen LogP contribution in [-0.2, 0) is 9.53 Å². The third-order valence-corrected chi connectivity index (χ3v) is 4.65. The molecule has 2 N–H and O–H groups in total. The first kappa shape index (κ1) is 19.4. The van der Waals surface area contributed by atoms with Crippen molar-refractivity contribution in [2.45, 2.75) is 18.9 Å². The lowest BCUT2D eigenvalue weighted by molar-refractivity contribution is -0.115. The molecule has 0 bridgehead atoms. The standard InChI is InChI=1S/C20H21BrN2O4/c21-14-7-9-15(10-8-14)23-19(24)12-22-20(25)17-5-1-2-6-18(17)27-13-16-4-3-11-26-16/h1-2,5-10,16H,3-4,11-13H2,(H,22,25)(H,23,24). The lowest BCUT2D eigenvalue weighted by Gasteiger charge is -2.14. The first-order valence-electron chi connectivity index (χ1n) is 8.79. The van der Waals surface area contributed by atoms with E-state index in [1.807, 2.05) is 18.2 Å². The van der Waals surface area contributed by atoms with Crippen LogP contribution in [0, 0.1) is 0 Å². The van der Waals surface area contributed by atoms with Gasteiger partial charge in [0.1, 0.15) is 12.4 Å². The van der Waals surface area contributed by atoms with Gasteiger partial charge in [-0.2, -0.15) is 0 Å². The molecule has 1 unspecified atom stereocenters. The summed E-state index contributed by atoms with van der Waals surface area (Å²) in [7, 11) is 0. The van der Waals surface area contributed by atoms with Crippen molar-refractivity contribution in [3.8, 4) is 5.75 Å². The van der Waals surface area contributed by atoms with E-state index in [0.29, 0.717) is 23.6 Å². The maximum absolute atomic E-state index is 12.5. The Morgan fingerprint density at radius 3 is 2.67 bits per heavy atom.